The van der Waals surface area contributed by atoms with Crippen LogP contribution >= 0.6 is 23.2 Å². The molecule has 1 aromatic rings. The summed E-state index contributed by atoms with van der Waals surface area (Å²) in [6.07, 6.45) is 3.72. The van der Waals surface area contributed by atoms with Gasteiger partial charge in [-0.05, 0) is 24.6 Å². The Morgan fingerprint density at radius 3 is 2.30 bits per heavy atom. The molecule has 0 aliphatic carbocycles. The first-order chi connectivity index (χ1) is 9.51. The van der Waals surface area contributed by atoms with Gasteiger partial charge in [0.05, 0.1) is 6.61 Å². The molecule has 0 saturated carbocycles. The summed E-state index contributed by atoms with van der Waals surface area (Å²) in [7, 11) is 0. The topological polar surface area (TPSA) is 52.6 Å². The Hall–Kier alpha value is -1.52. The van der Waals surface area contributed by atoms with E-state index < -0.39 is 11.9 Å². The average Bonchev–Trinajstić information content (AvgIpc) is 2.35. The summed E-state index contributed by atoms with van der Waals surface area (Å²) in [5.41, 5.74) is 0. The molecule has 0 amide bonds. The van der Waals surface area contributed by atoms with Crippen LogP contribution in [0.4, 0.5) is 0 Å². The average molecular weight is 317 g/mol. The zero-order valence-electron chi connectivity index (χ0n) is 10.9. The number of carbonyl (C=O) groups excluding carboxylic acids is 2. The number of halogens is 2. The van der Waals surface area contributed by atoms with Crippen LogP contribution in [0.2, 0.25) is 10.0 Å². The van der Waals surface area contributed by atoms with Crippen LogP contribution in [0, 0.1) is 0 Å². The van der Waals surface area contributed by atoms with Crippen LogP contribution in [0.5, 0.6) is 5.75 Å². The van der Waals surface area contributed by atoms with Gasteiger partial charge >= 0.3 is 11.9 Å². The zero-order chi connectivity index (χ0) is 15.0. The van der Waals surface area contributed by atoms with E-state index in [1.807, 2.05) is 6.92 Å². The van der Waals surface area contributed by atoms with Crippen LogP contribution < -0.4 is 4.74 Å². The summed E-state index contributed by atoms with van der Waals surface area (Å²) in [4.78, 5) is 22.7. The quantitative estimate of drug-likeness (QED) is 0.347. The van der Waals surface area contributed by atoms with Gasteiger partial charge in [-0.25, -0.2) is 9.59 Å². The molecule has 0 bridgehead atoms. The maximum Gasteiger partial charge on any atom is 0.336 e. The second-order valence-corrected chi connectivity index (χ2v) is 4.75. The van der Waals surface area contributed by atoms with Crippen LogP contribution in [0.1, 0.15) is 19.8 Å². The molecule has 0 heterocycles. The molecule has 0 aliphatic rings. The van der Waals surface area contributed by atoms with Gasteiger partial charge in [0.25, 0.3) is 0 Å². The lowest BCUT2D eigenvalue weighted by Crippen LogP contribution is -2.07. The van der Waals surface area contributed by atoms with E-state index in [1.54, 1.807) is 0 Å². The van der Waals surface area contributed by atoms with Crippen LogP contribution in [-0.2, 0) is 14.3 Å². The minimum absolute atomic E-state index is 0.205. The summed E-state index contributed by atoms with van der Waals surface area (Å²) in [5, 5.41) is 0.700. The molecule has 0 N–H and O–H groups in total. The smallest absolute Gasteiger partial charge is 0.336 e. The number of rotatable bonds is 6. The largest absolute Gasteiger partial charge is 0.463 e. The fourth-order valence-corrected chi connectivity index (χ4v) is 1.74. The van der Waals surface area contributed by atoms with Crippen molar-refractivity contribution in [2.24, 2.45) is 0 Å². The number of ether oxygens (including phenoxy) is 2. The SMILES string of the molecule is CCCCOC(=O)/C=C/C(=O)Oc1cc(Cl)cc(Cl)c1. The van der Waals surface area contributed by atoms with Crippen LogP contribution in [-0.4, -0.2) is 18.5 Å². The zero-order valence-corrected chi connectivity index (χ0v) is 12.4. The van der Waals surface area contributed by atoms with Crippen LogP contribution in [0.15, 0.2) is 30.4 Å². The lowest BCUT2D eigenvalue weighted by Gasteiger charge is -2.02. The van der Waals surface area contributed by atoms with Crippen molar-refractivity contribution in [3.8, 4) is 5.75 Å². The van der Waals surface area contributed by atoms with Gasteiger partial charge in [-0.1, -0.05) is 36.5 Å². The van der Waals surface area contributed by atoms with E-state index in [1.165, 1.54) is 18.2 Å². The minimum atomic E-state index is -0.712. The van der Waals surface area contributed by atoms with Gasteiger partial charge in [-0.15, -0.1) is 0 Å². The van der Waals surface area contributed by atoms with Gasteiger partial charge in [-0.3, -0.25) is 0 Å². The third kappa shape index (κ3) is 6.59. The third-order valence-electron chi connectivity index (χ3n) is 2.15. The molecule has 20 heavy (non-hydrogen) atoms. The monoisotopic (exact) mass is 316 g/mol. The Morgan fingerprint density at radius 1 is 1.10 bits per heavy atom. The van der Waals surface area contributed by atoms with E-state index >= 15 is 0 Å². The molecule has 0 atom stereocenters. The predicted molar refractivity (Wildman–Crippen MR) is 77.1 cm³/mol. The van der Waals surface area contributed by atoms with Gasteiger partial charge < -0.3 is 9.47 Å². The fraction of sp³-hybridized carbons (Fsp3) is 0.286. The van der Waals surface area contributed by atoms with Crippen molar-refractivity contribution in [3.63, 3.8) is 0 Å². The highest BCUT2D eigenvalue weighted by Gasteiger charge is 2.05. The summed E-state index contributed by atoms with van der Waals surface area (Å²) < 4.78 is 9.80. The highest BCUT2D eigenvalue weighted by Crippen LogP contribution is 2.24. The molecule has 4 nitrogen and oxygen atoms in total. The second kappa shape index (κ2) is 8.61. The van der Waals surface area contributed by atoms with Crippen molar-refractivity contribution in [1.29, 1.82) is 0 Å². The van der Waals surface area contributed by atoms with Gasteiger partial charge in [-0.2, -0.15) is 0 Å². The number of esters is 2. The van der Waals surface area contributed by atoms with E-state index in [0.717, 1.165) is 25.0 Å². The number of benzene rings is 1. The summed E-state index contributed by atoms with van der Waals surface area (Å²) in [5.74, 6) is -1.09. The Labute approximate surface area is 127 Å². The van der Waals surface area contributed by atoms with Crippen molar-refractivity contribution in [1.82, 2.24) is 0 Å². The fourth-order valence-electron chi connectivity index (χ4n) is 1.24. The first-order valence-electron chi connectivity index (χ1n) is 6.04. The third-order valence-corrected chi connectivity index (χ3v) is 2.59. The molecule has 0 unspecified atom stereocenters. The molecule has 0 spiro atoms. The number of unbranched alkanes of at least 4 members (excludes halogenated alkanes) is 1. The van der Waals surface area contributed by atoms with Gasteiger partial charge in [0.2, 0.25) is 0 Å². The summed E-state index contributed by atoms with van der Waals surface area (Å²) >= 11 is 11.5. The van der Waals surface area contributed by atoms with Gasteiger partial charge in [0.15, 0.2) is 0 Å². The molecule has 108 valence electrons. The van der Waals surface area contributed by atoms with E-state index in [-0.39, 0.29) is 5.75 Å². The van der Waals surface area contributed by atoms with E-state index in [0.29, 0.717) is 16.7 Å². The Morgan fingerprint density at radius 2 is 1.70 bits per heavy atom. The number of hydrogen-bond acceptors (Lipinski definition) is 4. The van der Waals surface area contributed by atoms with Crippen LogP contribution in [0.3, 0.4) is 0 Å². The van der Waals surface area contributed by atoms with Crippen molar-refractivity contribution in [2.75, 3.05) is 6.61 Å². The first kappa shape index (κ1) is 16.5. The van der Waals surface area contributed by atoms with Gasteiger partial charge in [0, 0.05) is 22.2 Å². The molecule has 0 aromatic heterocycles. The first-order valence-corrected chi connectivity index (χ1v) is 6.79. The van der Waals surface area contributed by atoms with Crippen molar-refractivity contribution < 1.29 is 19.1 Å². The van der Waals surface area contributed by atoms with Crippen LogP contribution in [0.25, 0.3) is 0 Å². The van der Waals surface area contributed by atoms with E-state index in [4.69, 9.17) is 32.7 Å². The lowest BCUT2D eigenvalue weighted by atomic mass is 10.3. The molecule has 0 saturated heterocycles. The molecule has 0 radical (unpaired) electrons. The maximum atomic E-state index is 11.5. The predicted octanol–water partition coefficient (Wildman–Crippen LogP) is 3.80. The summed E-state index contributed by atoms with van der Waals surface area (Å²) in [6, 6.07) is 4.40. The number of hydrogen-bond donors (Lipinski definition) is 0. The Balaban J connectivity index is 2.48. The van der Waals surface area contributed by atoms with Crippen molar-refractivity contribution in [2.45, 2.75) is 19.8 Å². The highest BCUT2D eigenvalue weighted by atomic mass is 35.5. The van der Waals surface area contributed by atoms with Gasteiger partial charge in [0.1, 0.15) is 5.75 Å². The Kier molecular flexibility index (Phi) is 7.12. The molecule has 0 aliphatic heterocycles. The minimum Gasteiger partial charge on any atom is -0.463 e. The molecule has 1 aromatic carbocycles. The standard InChI is InChI=1S/C14H14Cl2O4/c1-2-3-6-19-13(17)4-5-14(18)20-12-8-10(15)7-11(16)9-12/h4-5,7-9H,2-3,6H2,1H3/b5-4+. The number of carbonyl (C=O) groups is 2. The van der Waals surface area contributed by atoms with Crippen molar-refractivity contribution >= 4 is 35.1 Å². The van der Waals surface area contributed by atoms with E-state index in [9.17, 15) is 9.59 Å². The molecular weight excluding hydrogens is 303 g/mol. The van der Waals surface area contributed by atoms with E-state index in [2.05, 4.69) is 0 Å². The molecule has 1 rings (SSSR count). The molecule has 6 heteroatoms. The maximum absolute atomic E-state index is 11.5. The molecule has 0 fully saturated rings. The highest BCUT2D eigenvalue weighted by molar-refractivity contribution is 6.34. The normalized spacial score (nSPS) is 10.6. The second-order valence-electron chi connectivity index (χ2n) is 3.88. The Bertz CT molecular complexity index is 492. The molecular formula is C14H14Cl2O4. The lowest BCUT2D eigenvalue weighted by molar-refractivity contribution is -0.138. The summed E-state index contributed by atoms with van der Waals surface area (Å²) in [6.45, 7) is 2.32. The van der Waals surface area contributed by atoms with Crippen molar-refractivity contribution in [3.05, 3.63) is 40.4 Å².